The maximum atomic E-state index is 13.0. The summed E-state index contributed by atoms with van der Waals surface area (Å²) in [6.07, 6.45) is -3.73. The molecule has 0 fully saturated rings. The number of hydrogen-bond donors (Lipinski definition) is 1. The van der Waals surface area contributed by atoms with Crippen molar-refractivity contribution < 1.29 is 32.6 Å². The Morgan fingerprint density at radius 1 is 1.04 bits per heavy atom. The Bertz CT molecular complexity index is 904. The van der Waals surface area contributed by atoms with Gasteiger partial charge in [0.25, 0.3) is 5.91 Å². The summed E-state index contributed by atoms with van der Waals surface area (Å²) in [7, 11) is 0. The predicted molar refractivity (Wildman–Crippen MR) is 96.7 cm³/mol. The maximum Gasteiger partial charge on any atom is 0.586 e. The monoisotopic (exact) mass is 391 g/mol. The molecule has 148 valence electrons. The molecule has 0 aromatic heterocycles. The van der Waals surface area contributed by atoms with Crippen LogP contribution in [0.25, 0.3) is 0 Å². The summed E-state index contributed by atoms with van der Waals surface area (Å²) in [6, 6.07) is 10.8. The third kappa shape index (κ3) is 4.57. The van der Waals surface area contributed by atoms with Gasteiger partial charge in [0.2, 0.25) is 0 Å². The number of carbonyl (C=O) groups excluding carboxylic acids is 2. The Balaban J connectivity index is 1.54. The lowest BCUT2D eigenvalue weighted by atomic mass is 9.87. The summed E-state index contributed by atoms with van der Waals surface area (Å²) in [6.45, 7) is 5.65. The molecule has 28 heavy (non-hydrogen) atoms. The zero-order chi connectivity index (χ0) is 20.5. The Kier molecular flexibility index (Phi) is 4.97. The number of halogens is 2. The topological polar surface area (TPSA) is 73.9 Å². The van der Waals surface area contributed by atoms with E-state index in [1.165, 1.54) is 18.2 Å². The number of benzene rings is 2. The SMILES string of the molecule is CC(C)(C)c1ccc(C(=O)OCC(=O)Nc2ccc3c(c2)OC(F)(F)O3)cc1. The van der Waals surface area contributed by atoms with Crippen LogP contribution in [0.15, 0.2) is 42.5 Å². The first-order valence-electron chi connectivity index (χ1n) is 8.51. The highest BCUT2D eigenvalue weighted by Crippen LogP contribution is 2.42. The van der Waals surface area contributed by atoms with Gasteiger partial charge in [-0.1, -0.05) is 32.9 Å². The van der Waals surface area contributed by atoms with E-state index in [0.717, 1.165) is 5.56 Å². The number of anilines is 1. The molecule has 0 unspecified atom stereocenters. The van der Waals surface area contributed by atoms with Crippen molar-refractivity contribution in [1.82, 2.24) is 0 Å². The van der Waals surface area contributed by atoms with Crippen LogP contribution in [0, 0.1) is 0 Å². The van der Waals surface area contributed by atoms with Crippen molar-refractivity contribution in [2.45, 2.75) is 32.5 Å². The van der Waals surface area contributed by atoms with Gasteiger partial charge in [0.05, 0.1) is 5.56 Å². The second-order valence-electron chi connectivity index (χ2n) is 7.28. The predicted octanol–water partition coefficient (Wildman–Crippen LogP) is 4.10. The van der Waals surface area contributed by atoms with E-state index in [2.05, 4.69) is 35.6 Å². The van der Waals surface area contributed by atoms with E-state index in [4.69, 9.17) is 4.74 Å². The highest BCUT2D eigenvalue weighted by atomic mass is 19.3. The quantitative estimate of drug-likeness (QED) is 0.795. The van der Waals surface area contributed by atoms with Crippen LogP contribution in [-0.4, -0.2) is 24.8 Å². The lowest BCUT2D eigenvalue weighted by Crippen LogP contribution is -2.25. The summed E-state index contributed by atoms with van der Waals surface area (Å²) in [5.41, 5.74) is 1.55. The Morgan fingerprint density at radius 2 is 1.68 bits per heavy atom. The Morgan fingerprint density at radius 3 is 2.32 bits per heavy atom. The van der Waals surface area contributed by atoms with Gasteiger partial charge in [0, 0.05) is 11.8 Å². The molecule has 6 nitrogen and oxygen atoms in total. The van der Waals surface area contributed by atoms with Crippen molar-refractivity contribution in [2.75, 3.05) is 11.9 Å². The molecule has 0 aliphatic carbocycles. The Labute approximate surface area is 160 Å². The van der Waals surface area contributed by atoms with E-state index in [9.17, 15) is 18.4 Å². The molecule has 0 saturated heterocycles. The summed E-state index contributed by atoms with van der Waals surface area (Å²) in [5.74, 6) is -1.59. The fourth-order valence-corrected chi connectivity index (χ4v) is 2.54. The first-order valence-corrected chi connectivity index (χ1v) is 8.51. The second kappa shape index (κ2) is 7.10. The normalized spacial score (nSPS) is 14.5. The molecule has 1 aliphatic heterocycles. The summed E-state index contributed by atoms with van der Waals surface area (Å²) < 4.78 is 39.6. The van der Waals surface area contributed by atoms with Gasteiger partial charge >= 0.3 is 12.3 Å². The fraction of sp³-hybridized carbons (Fsp3) is 0.300. The van der Waals surface area contributed by atoms with E-state index >= 15 is 0 Å². The summed E-state index contributed by atoms with van der Waals surface area (Å²) in [4.78, 5) is 24.0. The van der Waals surface area contributed by atoms with Crippen molar-refractivity contribution in [1.29, 1.82) is 0 Å². The zero-order valence-electron chi connectivity index (χ0n) is 15.5. The molecule has 1 heterocycles. The number of carbonyl (C=O) groups is 2. The Hall–Kier alpha value is -3.16. The molecule has 0 bridgehead atoms. The molecule has 2 aromatic carbocycles. The molecule has 1 N–H and O–H groups in total. The second-order valence-corrected chi connectivity index (χ2v) is 7.28. The first kappa shape index (κ1) is 19.6. The largest absolute Gasteiger partial charge is 0.586 e. The average molecular weight is 391 g/mol. The van der Waals surface area contributed by atoms with Crippen LogP contribution in [0.3, 0.4) is 0 Å². The van der Waals surface area contributed by atoms with Crippen LogP contribution in [0.4, 0.5) is 14.5 Å². The van der Waals surface area contributed by atoms with E-state index in [1.54, 1.807) is 12.1 Å². The van der Waals surface area contributed by atoms with Crippen molar-refractivity contribution in [3.05, 3.63) is 53.6 Å². The maximum absolute atomic E-state index is 13.0. The van der Waals surface area contributed by atoms with Gasteiger partial charge in [-0.3, -0.25) is 4.79 Å². The van der Waals surface area contributed by atoms with Gasteiger partial charge in [-0.05, 0) is 35.2 Å². The molecule has 0 spiro atoms. The van der Waals surface area contributed by atoms with Gasteiger partial charge in [-0.2, -0.15) is 0 Å². The highest BCUT2D eigenvalue weighted by Gasteiger charge is 2.43. The third-order valence-corrected chi connectivity index (χ3v) is 4.01. The van der Waals surface area contributed by atoms with Crippen LogP contribution in [0.5, 0.6) is 11.5 Å². The summed E-state index contributed by atoms with van der Waals surface area (Å²) in [5, 5.41) is 2.44. The number of fused-ring (bicyclic) bond motifs is 1. The number of hydrogen-bond acceptors (Lipinski definition) is 5. The third-order valence-electron chi connectivity index (χ3n) is 4.01. The number of rotatable bonds is 4. The van der Waals surface area contributed by atoms with Crippen molar-refractivity contribution in [3.63, 3.8) is 0 Å². The van der Waals surface area contributed by atoms with Gasteiger partial charge in [0.1, 0.15) is 0 Å². The van der Waals surface area contributed by atoms with E-state index in [-0.39, 0.29) is 22.6 Å². The summed E-state index contributed by atoms with van der Waals surface area (Å²) >= 11 is 0. The number of alkyl halides is 2. The molecule has 2 aromatic rings. The highest BCUT2D eigenvalue weighted by molar-refractivity contribution is 5.95. The minimum Gasteiger partial charge on any atom is -0.452 e. The van der Waals surface area contributed by atoms with Crippen molar-refractivity contribution in [2.24, 2.45) is 0 Å². The molecule has 1 amide bonds. The molecular formula is C20H19F2NO5. The van der Waals surface area contributed by atoms with E-state index < -0.39 is 24.8 Å². The van der Waals surface area contributed by atoms with Gasteiger partial charge < -0.3 is 19.5 Å². The molecule has 0 saturated carbocycles. The van der Waals surface area contributed by atoms with Crippen molar-refractivity contribution >= 4 is 17.6 Å². The number of ether oxygens (including phenoxy) is 3. The van der Waals surface area contributed by atoms with E-state index in [0.29, 0.717) is 5.56 Å². The van der Waals surface area contributed by atoms with Crippen LogP contribution in [0.1, 0.15) is 36.7 Å². The number of nitrogens with one attached hydrogen (secondary N) is 1. The standard InChI is InChI=1S/C20H19F2NO5/c1-19(2,3)13-6-4-12(5-7-13)18(25)26-11-17(24)23-14-8-9-15-16(10-14)28-20(21,22)27-15/h4-10H,11H2,1-3H3,(H,23,24). The van der Waals surface area contributed by atoms with E-state index in [1.807, 2.05) is 12.1 Å². The van der Waals surface area contributed by atoms with Gasteiger partial charge in [0.15, 0.2) is 18.1 Å². The first-order chi connectivity index (χ1) is 13.0. The van der Waals surface area contributed by atoms with Crippen molar-refractivity contribution in [3.8, 4) is 11.5 Å². The minimum atomic E-state index is -3.73. The minimum absolute atomic E-state index is 0.0447. The average Bonchev–Trinajstić information content (AvgIpc) is 2.92. The van der Waals surface area contributed by atoms with Gasteiger partial charge in [-0.25, -0.2) is 4.79 Å². The molecule has 8 heteroatoms. The lowest BCUT2D eigenvalue weighted by molar-refractivity contribution is -0.286. The molecule has 0 atom stereocenters. The molecule has 1 aliphatic rings. The van der Waals surface area contributed by atoms with Crippen LogP contribution in [-0.2, 0) is 14.9 Å². The van der Waals surface area contributed by atoms with Crippen LogP contribution >= 0.6 is 0 Å². The lowest BCUT2D eigenvalue weighted by Gasteiger charge is -2.18. The smallest absolute Gasteiger partial charge is 0.452 e. The molecule has 0 radical (unpaired) electrons. The van der Waals surface area contributed by atoms with Gasteiger partial charge in [-0.15, -0.1) is 8.78 Å². The molecule has 3 rings (SSSR count). The number of esters is 1. The van der Waals surface area contributed by atoms with Crippen LogP contribution in [0.2, 0.25) is 0 Å². The number of amides is 1. The fourth-order valence-electron chi connectivity index (χ4n) is 2.54. The van der Waals surface area contributed by atoms with Crippen LogP contribution < -0.4 is 14.8 Å². The molecular weight excluding hydrogens is 372 g/mol. The zero-order valence-corrected chi connectivity index (χ0v) is 15.5.